The molecule has 6 nitrogen and oxygen atoms in total. The van der Waals surface area contributed by atoms with Crippen molar-refractivity contribution in [1.82, 2.24) is 9.88 Å². The number of halogens is 2. The van der Waals surface area contributed by atoms with E-state index in [9.17, 15) is 13.6 Å². The molecule has 1 aliphatic rings. The molecule has 24 heavy (non-hydrogen) atoms. The smallest absolute Gasteiger partial charge is 0.257 e. The molecule has 0 fully saturated rings. The number of ether oxygens (including phenoxy) is 2. The molecular weight excluding hydrogens is 322 g/mol. The summed E-state index contributed by atoms with van der Waals surface area (Å²) >= 11 is 0. The van der Waals surface area contributed by atoms with Crippen molar-refractivity contribution in [1.29, 1.82) is 0 Å². The van der Waals surface area contributed by atoms with Gasteiger partial charge in [0.25, 0.3) is 5.91 Å². The van der Waals surface area contributed by atoms with E-state index in [-0.39, 0.29) is 18.7 Å². The second kappa shape index (κ2) is 6.56. The molecule has 3 rings (SSSR count). The minimum atomic E-state index is -1.01. The monoisotopic (exact) mass is 338 g/mol. The molecule has 0 N–H and O–H groups in total. The van der Waals surface area contributed by atoms with Crippen LogP contribution < -0.4 is 4.74 Å². The number of methoxy groups -OCH3 is 2. The lowest BCUT2D eigenvalue weighted by molar-refractivity contribution is 0.0721. The van der Waals surface area contributed by atoms with E-state index in [1.54, 1.807) is 0 Å². The van der Waals surface area contributed by atoms with E-state index in [0.29, 0.717) is 30.3 Å². The summed E-state index contributed by atoms with van der Waals surface area (Å²) in [4.78, 5) is 18.3. The highest BCUT2D eigenvalue weighted by atomic mass is 19.1. The quantitative estimate of drug-likeness (QED) is 0.856. The Balaban J connectivity index is 1.84. The second-order valence-corrected chi connectivity index (χ2v) is 5.33. The fourth-order valence-electron chi connectivity index (χ4n) is 2.67. The Kier molecular flexibility index (Phi) is 4.48. The van der Waals surface area contributed by atoms with E-state index in [4.69, 9.17) is 9.15 Å². The summed E-state index contributed by atoms with van der Waals surface area (Å²) < 4.78 is 42.9. The molecule has 1 amide bonds. The highest BCUT2D eigenvalue weighted by Crippen LogP contribution is 2.27. The first kappa shape index (κ1) is 16.4. The summed E-state index contributed by atoms with van der Waals surface area (Å²) in [5.74, 6) is -1.84. The van der Waals surface area contributed by atoms with E-state index < -0.39 is 23.3 Å². The lowest BCUT2D eigenvalue weighted by Gasteiger charge is -2.25. The molecule has 1 aromatic heterocycles. The summed E-state index contributed by atoms with van der Waals surface area (Å²) in [5, 5.41) is 0. The van der Waals surface area contributed by atoms with Crippen molar-refractivity contribution in [3.8, 4) is 5.75 Å². The van der Waals surface area contributed by atoms with Crippen LogP contribution in [0.15, 0.2) is 16.5 Å². The third-order valence-corrected chi connectivity index (χ3v) is 3.81. The summed E-state index contributed by atoms with van der Waals surface area (Å²) in [6.45, 7) is 0.790. The van der Waals surface area contributed by atoms with Gasteiger partial charge in [0.1, 0.15) is 18.1 Å². The van der Waals surface area contributed by atoms with Gasteiger partial charge in [-0.15, -0.1) is 0 Å². The molecule has 0 saturated heterocycles. The summed E-state index contributed by atoms with van der Waals surface area (Å²) in [6.07, 6.45) is 0.470. The zero-order valence-electron chi connectivity index (χ0n) is 13.3. The third-order valence-electron chi connectivity index (χ3n) is 3.81. The first-order valence-corrected chi connectivity index (χ1v) is 7.32. The molecule has 128 valence electrons. The Morgan fingerprint density at radius 1 is 1.38 bits per heavy atom. The van der Waals surface area contributed by atoms with Gasteiger partial charge >= 0.3 is 0 Å². The summed E-state index contributed by atoms with van der Waals surface area (Å²) in [6, 6.07) is 2.13. The predicted octanol–water partition coefficient (Wildman–Crippen LogP) is 2.31. The number of amides is 1. The van der Waals surface area contributed by atoms with Crippen LogP contribution in [0.4, 0.5) is 8.78 Å². The standard InChI is InChI=1S/C16H16F2N2O4/c1-22-8-13-19-11-7-20(6-5-12(11)24-13)16(21)9-3-4-10(17)15(23-2)14(9)18/h3-4H,5-8H2,1-2H3. The van der Waals surface area contributed by atoms with Gasteiger partial charge in [0.05, 0.1) is 19.2 Å². The Morgan fingerprint density at radius 3 is 2.88 bits per heavy atom. The fraction of sp³-hybridized carbons (Fsp3) is 0.375. The van der Waals surface area contributed by atoms with Crippen LogP contribution in [0, 0.1) is 11.6 Å². The Hall–Kier alpha value is -2.48. The number of carbonyl (C=O) groups is 1. The maximum absolute atomic E-state index is 14.3. The van der Waals surface area contributed by atoms with E-state index in [0.717, 1.165) is 19.2 Å². The first-order valence-electron chi connectivity index (χ1n) is 7.32. The number of nitrogens with zero attached hydrogens (tertiary/aromatic N) is 2. The van der Waals surface area contributed by atoms with Gasteiger partial charge in [0, 0.05) is 20.1 Å². The Morgan fingerprint density at radius 2 is 2.17 bits per heavy atom. The lowest BCUT2D eigenvalue weighted by atomic mass is 10.1. The molecule has 8 heteroatoms. The van der Waals surface area contributed by atoms with Crippen molar-refractivity contribution >= 4 is 5.91 Å². The SMILES string of the molecule is COCc1nc2c(o1)CCN(C(=O)c1ccc(F)c(OC)c1F)C2. The van der Waals surface area contributed by atoms with Gasteiger partial charge in [0.2, 0.25) is 5.89 Å². The minimum absolute atomic E-state index is 0.195. The van der Waals surface area contributed by atoms with Gasteiger partial charge in [-0.3, -0.25) is 4.79 Å². The van der Waals surface area contributed by atoms with Crippen molar-refractivity contribution < 1.29 is 27.5 Å². The van der Waals surface area contributed by atoms with Gasteiger partial charge in [-0.2, -0.15) is 0 Å². The van der Waals surface area contributed by atoms with Crippen LogP contribution in [0.25, 0.3) is 0 Å². The van der Waals surface area contributed by atoms with Crippen molar-refractivity contribution in [2.24, 2.45) is 0 Å². The molecule has 0 aliphatic carbocycles. The normalized spacial score (nSPS) is 13.8. The van der Waals surface area contributed by atoms with E-state index in [2.05, 4.69) is 9.72 Å². The van der Waals surface area contributed by atoms with Crippen LogP contribution in [0.3, 0.4) is 0 Å². The van der Waals surface area contributed by atoms with Crippen LogP contribution in [-0.2, 0) is 24.3 Å². The molecule has 2 aromatic rings. The van der Waals surface area contributed by atoms with E-state index in [1.807, 2.05) is 0 Å². The zero-order valence-corrected chi connectivity index (χ0v) is 13.3. The molecule has 0 saturated carbocycles. The number of aromatic nitrogens is 1. The second-order valence-electron chi connectivity index (χ2n) is 5.33. The van der Waals surface area contributed by atoms with Crippen molar-refractivity contribution in [3.63, 3.8) is 0 Å². The van der Waals surface area contributed by atoms with Crippen LogP contribution in [0.2, 0.25) is 0 Å². The molecule has 0 radical (unpaired) electrons. The van der Waals surface area contributed by atoms with Gasteiger partial charge < -0.3 is 18.8 Å². The van der Waals surface area contributed by atoms with Crippen molar-refractivity contribution in [2.45, 2.75) is 19.6 Å². The maximum Gasteiger partial charge on any atom is 0.257 e. The average molecular weight is 338 g/mol. The minimum Gasteiger partial charge on any atom is -0.491 e. The largest absolute Gasteiger partial charge is 0.491 e. The topological polar surface area (TPSA) is 64.8 Å². The van der Waals surface area contributed by atoms with E-state index in [1.165, 1.54) is 12.0 Å². The third kappa shape index (κ3) is 2.84. The number of oxazole rings is 1. The van der Waals surface area contributed by atoms with Gasteiger partial charge in [0.15, 0.2) is 17.4 Å². The van der Waals surface area contributed by atoms with Crippen molar-refractivity contribution in [2.75, 3.05) is 20.8 Å². The number of benzene rings is 1. The number of hydrogen-bond acceptors (Lipinski definition) is 5. The molecular formula is C16H16F2N2O4. The van der Waals surface area contributed by atoms with Gasteiger partial charge in [-0.05, 0) is 12.1 Å². The van der Waals surface area contributed by atoms with Crippen LogP contribution in [0.1, 0.15) is 27.7 Å². The zero-order chi connectivity index (χ0) is 17.3. The van der Waals surface area contributed by atoms with Crippen LogP contribution in [-0.4, -0.2) is 36.6 Å². The molecule has 1 aromatic carbocycles. The summed E-state index contributed by atoms with van der Waals surface area (Å²) in [7, 11) is 2.68. The number of carbonyl (C=O) groups excluding carboxylic acids is 1. The number of rotatable bonds is 4. The average Bonchev–Trinajstić information content (AvgIpc) is 2.96. The molecule has 0 atom stereocenters. The lowest BCUT2D eigenvalue weighted by Crippen LogP contribution is -2.36. The first-order chi connectivity index (χ1) is 11.5. The number of fused-ring (bicyclic) bond motifs is 1. The van der Waals surface area contributed by atoms with Gasteiger partial charge in [-0.25, -0.2) is 13.8 Å². The highest BCUT2D eigenvalue weighted by molar-refractivity contribution is 5.95. The van der Waals surface area contributed by atoms with Gasteiger partial charge in [-0.1, -0.05) is 0 Å². The molecule has 0 spiro atoms. The highest BCUT2D eigenvalue weighted by Gasteiger charge is 2.29. The predicted molar refractivity (Wildman–Crippen MR) is 78.6 cm³/mol. The van der Waals surface area contributed by atoms with Crippen LogP contribution >= 0.6 is 0 Å². The number of hydrogen-bond donors (Lipinski definition) is 0. The van der Waals surface area contributed by atoms with Crippen molar-refractivity contribution in [3.05, 3.63) is 46.7 Å². The molecule has 0 unspecified atom stereocenters. The van der Waals surface area contributed by atoms with E-state index >= 15 is 0 Å². The Labute approximate surface area is 137 Å². The molecule has 0 bridgehead atoms. The molecule has 1 aliphatic heterocycles. The Bertz CT molecular complexity index is 776. The fourth-order valence-corrected chi connectivity index (χ4v) is 2.67. The molecule has 2 heterocycles. The van der Waals surface area contributed by atoms with Crippen LogP contribution in [0.5, 0.6) is 5.75 Å². The maximum atomic E-state index is 14.3. The summed E-state index contributed by atoms with van der Waals surface area (Å²) in [5.41, 5.74) is 0.383.